The number of hydrogen-bond acceptors (Lipinski definition) is 5. The van der Waals surface area contributed by atoms with Gasteiger partial charge in [0.2, 0.25) is 11.8 Å². The summed E-state index contributed by atoms with van der Waals surface area (Å²) in [4.78, 5) is 40.7. The van der Waals surface area contributed by atoms with Crippen molar-refractivity contribution in [3.63, 3.8) is 0 Å². The van der Waals surface area contributed by atoms with Crippen LogP contribution in [-0.4, -0.2) is 31.3 Å². The van der Waals surface area contributed by atoms with Crippen molar-refractivity contribution < 1.29 is 23.9 Å². The molecule has 1 heterocycles. The second-order valence-corrected chi connectivity index (χ2v) is 9.07. The molecule has 6 nitrogen and oxygen atoms in total. The number of rotatable bonds is 6. The maximum Gasteiger partial charge on any atom is 0.238 e. The van der Waals surface area contributed by atoms with Crippen LogP contribution in [0, 0.1) is 35.5 Å². The third-order valence-corrected chi connectivity index (χ3v) is 7.54. The average molecular weight is 429 g/mol. The van der Waals surface area contributed by atoms with Crippen molar-refractivity contribution in [3.8, 4) is 11.5 Å². The number of benzene rings is 2. The number of carbonyl (C=O) groups excluding carboxylic acids is 3. The van der Waals surface area contributed by atoms with Crippen molar-refractivity contribution in [2.45, 2.75) is 6.42 Å². The quantitative estimate of drug-likeness (QED) is 0.399. The zero-order chi connectivity index (χ0) is 22.0. The maximum atomic E-state index is 13.4. The Morgan fingerprint density at radius 1 is 0.938 bits per heavy atom. The number of hydrogen-bond donors (Lipinski definition) is 0. The van der Waals surface area contributed by atoms with Crippen molar-refractivity contribution in [3.05, 3.63) is 66.2 Å². The van der Waals surface area contributed by atoms with Crippen LogP contribution in [-0.2, 0) is 9.59 Å². The monoisotopic (exact) mass is 429 g/mol. The van der Waals surface area contributed by atoms with Crippen LogP contribution in [0.2, 0.25) is 0 Å². The number of amides is 2. The Hall–Kier alpha value is -3.41. The fourth-order valence-corrected chi connectivity index (χ4v) is 5.96. The van der Waals surface area contributed by atoms with E-state index in [9.17, 15) is 14.4 Å². The van der Waals surface area contributed by atoms with Crippen molar-refractivity contribution in [2.24, 2.45) is 35.5 Å². The van der Waals surface area contributed by atoms with Gasteiger partial charge in [-0.3, -0.25) is 14.4 Å². The van der Waals surface area contributed by atoms with Crippen molar-refractivity contribution in [2.75, 3.05) is 18.6 Å². The highest BCUT2D eigenvalue weighted by molar-refractivity contribution is 6.23. The molecule has 1 saturated heterocycles. The van der Waals surface area contributed by atoms with Crippen LogP contribution < -0.4 is 14.4 Å². The molecule has 0 radical (unpaired) electrons. The summed E-state index contributed by atoms with van der Waals surface area (Å²) in [5.74, 6) is 1.46. The van der Waals surface area contributed by atoms with Crippen LogP contribution in [0.5, 0.6) is 11.5 Å². The molecule has 0 N–H and O–H groups in total. The lowest BCUT2D eigenvalue weighted by Crippen LogP contribution is -2.40. The molecule has 1 aliphatic heterocycles. The first-order valence-electron chi connectivity index (χ1n) is 11.0. The molecule has 4 aliphatic carbocycles. The fourth-order valence-electron chi connectivity index (χ4n) is 5.96. The molecule has 162 valence electrons. The van der Waals surface area contributed by atoms with Gasteiger partial charge in [-0.15, -0.1) is 0 Å². The molecule has 5 aliphatic rings. The number of imide groups is 1. The van der Waals surface area contributed by atoms with Gasteiger partial charge >= 0.3 is 0 Å². The average Bonchev–Trinajstić information content (AvgIpc) is 3.61. The largest absolute Gasteiger partial charge is 0.497 e. The van der Waals surface area contributed by atoms with E-state index in [-0.39, 0.29) is 47.9 Å². The van der Waals surface area contributed by atoms with Gasteiger partial charge in [0.1, 0.15) is 11.5 Å². The Kier molecular flexibility index (Phi) is 4.25. The number of Topliss-reactive ketones (excluding diaryl/α,β-unsaturated/α-hetero) is 1. The SMILES string of the molecule is COc1ccc(C(=O)COc2ccccc2N2C(=O)[C@@H]3[C@H]4C=C[C@@H]([C@@H]5C[C@H]45)[C@H]3C2=O)cc1. The minimum Gasteiger partial charge on any atom is -0.497 e. The van der Waals surface area contributed by atoms with Crippen molar-refractivity contribution in [1.29, 1.82) is 0 Å². The van der Waals surface area contributed by atoms with Gasteiger partial charge in [0.05, 0.1) is 24.6 Å². The molecule has 3 fully saturated rings. The lowest BCUT2D eigenvalue weighted by atomic mass is 9.63. The minimum absolute atomic E-state index is 0.137. The van der Waals surface area contributed by atoms with E-state index in [0.717, 1.165) is 6.42 Å². The number of ether oxygens (including phenoxy) is 2. The summed E-state index contributed by atoms with van der Waals surface area (Å²) in [5.41, 5.74) is 0.928. The van der Waals surface area contributed by atoms with Crippen LogP contribution in [0.4, 0.5) is 5.69 Å². The zero-order valence-electron chi connectivity index (χ0n) is 17.6. The van der Waals surface area contributed by atoms with E-state index in [2.05, 4.69) is 12.2 Å². The molecule has 6 heteroatoms. The molecule has 0 aromatic heterocycles. The van der Waals surface area contributed by atoms with E-state index in [1.165, 1.54) is 4.90 Å². The summed E-state index contributed by atoms with van der Waals surface area (Å²) >= 11 is 0. The summed E-state index contributed by atoms with van der Waals surface area (Å²) in [6.45, 7) is -0.191. The van der Waals surface area contributed by atoms with E-state index in [1.807, 2.05) is 0 Å². The predicted molar refractivity (Wildman–Crippen MR) is 116 cm³/mol. The van der Waals surface area contributed by atoms with Crippen molar-refractivity contribution >= 4 is 23.3 Å². The van der Waals surface area contributed by atoms with Crippen molar-refractivity contribution in [1.82, 2.24) is 0 Å². The van der Waals surface area contributed by atoms with Crippen LogP contribution in [0.1, 0.15) is 16.8 Å². The molecule has 2 amide bonds. The Balaban J connectivity index is 1.24. The molecule has 2 aromatic rings. The highest BCUT2D eigenvalue weighted by Gasteiger charge is 2.67. The summed E-state index contributed by atoms with van der Waals surface area (Å²) in [5, 5.41) is 0. The predicted octanol–water partition coefficient (Wildman–Crippen LogP) is 3.51. The van der Waals surface area contributed by atoms with E-state index in [1.54, 1.807) is 55.6 Å². The minimum atomic E-state index is -0.268. The number of para-hydroxylation sites is 2. The molecule has 2 saturated carbocycles. The summed E-state index contributed by atoms with van der Waals surface area (Å²) in [7, 11) is 1.57. The van der Waals surface area contributed by atoms with Gasteiger partial charge in [-0.2, -0.15) is 0 Å². The summed E-state index contributed by atoms with van der Waals surface area (Å²) in [6, 6.07) is 13.8. The molecule has 32 heavy (non-hydrogen) atoms. The van der Waals surface area contributed by atoms with Gasteiger partial charge in [-0.1, -0.05) is 24.3 Å². The molecular weight excluding hydrogens is 406 g/mol. The molecule has 2 aromatic carbocycles. The summed E-state index contributed by atoms with van der Waals surface area (Å²) < 4.78 is 11.0. The second kappa shape index (κ2) is 7.05. The summed E-state index contributed by atoms with van der Waals surface area (Å²) in [6.07, 6.45) is 5.44. The van der Waals surface area contributed by atoms with E-state index in [0.29, 0.717) is 34.6 Å². The highest BCUT2D eigenvalue weighted by Crippen LogP contribution is 2.65. The topological polar surface area (TPSA) is 72.9 Å². The Morgan fingerprint density at radius 2 is 1.56 bits per heavy atom. The number of methoxy groups -OCH3 is 1. The first-order valence-corrected chi connectivity index (χ1v) is 11.0. The third kappa shape index (κ3) is 2.75. The van der Waals surface area contributed by atoms with Gasteiger partial charge in [-0.05, 0) is 66.5 Å². The van der Waals surface area contributed by atoms with Gasteiger partial charge < -0.3 is 9.47 Å². The normalized spacial score (nSPS) is 31.3. The number of allylic oxidation sites excluding steroid dienone is 2. The molecule has 0 spiro atoms. The smallest absolute Gasteiger partial charge is 0.238 e. The van der Waals surface area contributed by atoms with Gasteiger partial charge in [0, 0.05) is 5.56 Å². The first kappa shape index (κ1) is 19.3. The molecule has 7 rings (SSSR count). The van der Waals surface area contributed by atoms with Gasteiger partial charge in [0.15, 0.2) is 12.4 Å². The van der Waals surface area contributed by atoms with E-state index >= 15 is 0 Å². The molecule has 0 unspecified atom stereocenters. The van der Waals surface area contributed by atoms with Gasteiger partial charge in [0.25, 0.3) is 0 Å². The Morgan fingerprint density at radius 3 is 2.19 bits per heavy atom. The van der Waals surface area contributed by atoms with Crippen LogP contribution >= 0.6 is 0 Å². The van der Waals surface area contributed by atoms with Crippen LogP contribution in [0.15, 0.2) is 60.7 Å². The Bertz CT molecular complexity index is 1120. The molecular formula is C26H23NO5. The number of nitrogens with zero attached hydrogens (tertiary/aromatic N) is 1. The maximum absolute atomic E-state index is 13.4. The Labute approximate surface area is 185 Å². The first-order chi connectivity index (χ1) is 15.6. The lowest BCUT2D eigenvalue weighted by molar-refractivity contribution is -0.124. The standard InChI is InChI=1S/C26H23NO5/c1-31-15-8-6-14(7-9-15)21(28)13-32-22-5-3-2-4-20(22)27-25(29)23-16-10-11-17(19-12-18(16)19)24(23)26(27)30/h2-11,16-19,23-24H,12-13H2,1H3/t16-,17-,18-,19+,23+,24+/m0/s1. The third-order valence-electron chi connectivity index (χ3n) is 7.54. The van der Waals surface area contributed by atoms with E-state index < -0.39 is 0 Å². The van der Waals surface area contributed by atoms with Crippen LogP contribution in [0.25, 0.3) is 0 Å². The second-order valence-electron chi connectivity index (χ2n) is 9.07. The lowest BCUT2D eigenvalue weighted by Gasteiger charge is -2.37. The van der Waals surface area contributed by atoms with Crippen LogP contribution in [0.3, 0.4) is 0 Å². The molecule has 6 atom stereocenters. The fraction of sp³-hybridized carbons (Fsp3) is 0.346. The highest BCUT2D eigenvalue weighted by atomic mass is 16.5. The number of ketones is 1. The number of anilines is 1. The zero-order valence-corrected chi connectivity index (χ0v) is 17.6. The van der Waals surface area contributed by atoms with E-state index in [4.69, 9.17) is 9.47 Å². The number of carbonyl (C=O) groups is 3. The molecule has 2 bridgehead atoms. The van der Waals surface area contributed by atoms with Gasteiger partial charge in [-0.25, -0.2) is 4.90 Å².